The summed E-state index contributed by atoms with van der Waals surface area (Å²) in [5.74, 6) is 0.333. The molecule has 8 aromatic rings. The summed E-state index contributed by atoms with van der Waals surface area (Å²) in [5, 5.41) is 7.09. The molecule has 0 fully saturated rings. The van der Waals surface area contributed by atoms with E-state index in [1.165, 1.54) is 63.5 Å². The van der Waals surface area contributed by atoms with Crippen LogP contribution in [0.25, 0.3) is 53.8 Å². The number of hydrogen-bond acceptors (Lipinski definition) is 3. The first-order valence-electron chi connectivity index (χ1n) is 18.5. The molecule has 1 aliphatic rings. The Hall–Kier alpha value is -4.30. The molecular formula is C48H44IrN2SSi2-2. The Morgan fingerprint density at radius 3 is 2.20 bits per heavy atom. The molecule has 271 valence electrons. The first kappa shape index (κ1) is 38.0. The van der Waals surface area contributed by atoms with Crippen LogP contribution in [0.2, 0.25) is 32.7 Å². The molecular weight excluding hydrogens is 885 g/mol. The predicted molar refractivity (Wildman–Crippen MR) is 234 cm³/mol. The van der Waals surface area contributed by atoms with Crippen LogP contribution in [0.5, 0.6) is 0 Å². The zero-order chi connectivity index (χ0) is 36.9. The fourth-order valence-corrected chi connectivity index (χ4v) is 13.0. The van der Waals surface area contributed by atoms with Crippen molar-refractivity contribution in [1.82, 2.24) is 9.97 Å². The third-order valence-corrected chi connectivity index (χ3v) is 17.7. The van der Waals surface area contributed by atoms with Crippen LogP contribution in [-0.2, 0) is 20.1 Å². The molecule has 5 aromatic carbocycles. The van der Waals surface area contributed by atoms with Crippen molar-refractivity contribution in [2.45, 2.75) is 52.5 Å². The smallest absolute Gasteiger partial charge is 0.0795 e. The number of benzene rings is 5. The number of nitrogens with zero attached hydrogens (tertiary/aromatic N) is 2. The van der Waals surface area contributed by atoms with Crippen molar-refractivity contribution >= 4 is 63.2 Å². The number of aryl methyl sites for hydroxylation is 1. The summed E-state index contributed by atoms with van der Waals surface area (Å²) in [4.78, 5) is 9.46. The van der Waals surface area contributed by atoms with E-state index in [2.05, 4.69) is 191 Å². The van der Waals surface area contributed by atoms with Gasteiger partial charge in [0.2, 0.25) is 0 Å². The number of thiophene rings is 1. The van der Waals surface area contributed by atoms with E-state index in [0.29, 0.717) is 5.92 Å². The molecule has 0 amide bonds. The maximum Gasteiger partial charge on any atom is 0.0795 e. The Balaban J connectivity index is 0.000000166. The van der Waals surface area contributed by atoms with Crippen LogP contribution in [0, 0.1) is 19.1 Å². The molecule has 0 aliphatic carbocycles. The summed E-state index contributed by atoms with van der Waals surface area (Å²) >= 11 is 1.84. The van der Waals surface area contributed by atoms with Crippen molar-refractivity contribution < 1.29 is 20.1 Å². The second-order valence-corrected chi connectivity index (χ2v) is 26.2. The van der Waals surface area contributed by atoms with Crippen LogP contribution < -0.4 is 15.6 Å². The summed E-state index contributed by atoms with van der Waals surface area (Å²) in [7, 11) is -2.95. The fraction of sp³-hybridized carbons (Fsp3) is 0.167. The minimum Gasteiger partial charge on any atom is -0.305 e. The van der Waals surface area contributed by atoms with E-state index in [1.807, 2.05) is 17.5 Å². The molecule has 3 aromatic heterocycles. The molecule has 0 saturated carbocycles. The van der Waals surface area contributed by atoms with Gasteiger partial charge in [-0.1, -0.05) is 154 Å². The number of hydrogen-bond donors (Lipinski definition) is 0. The summed E-state index contributed by atoms with van der Waals surface area (Å²) in [6.45, 7) is 16.4. The van der Waals surface area contributed by atoms with Crippen LogP contribution in [0.1, 0.15) is 29.5 Å². The van der Waals surface area contributed by atoms with E-state index in [9.17, 15) is 0 Å². The molecule has 54 heavy (non-hydrogen) atoms. The molecule has 1 aliphatic heterocycles. The van der Waals surface area contributed by atoms with E-state index in [-0.39, 0.29) is 20.1 Å². The van der Waals surface area contributed by atoms with Gasteiger partial charge in [0.15, 0.2) is 0 Å². The van der Waals surface area contributed by atoms with Gasteiger partial charge >= 0.3 is 0 Å². The summed E-state index contributed by atoms with van der Waals surface area (Å²) in [5.41, 5.74) is 10.9. The number of fused-ring (bicyclic) bond motifs is 6. The maximum absolute atomic E-state index is 4.78. The van der Waals surface area contributed by atoms with Gasteiger partial charge in [0.1, 0.15) is 0 Å². The first-order valence-corrected chi connectivity index (χ1v) is 25.8. The molecule has 9 rings (SSSR count). The van der Waals surface area contributed by atoms with Crippen molar-refractivity contribution in [3.05, 3.63) is 163 Å². The summed E-state index contributed by atoms with van der Waals surface area (Å²) in [6.07, 6.45) is 3.99. The Kier molecular flexibility index (Phi) is 10.6. The van der Waals surface area contributed by atoms with Gasteiger partial charge in [0, 0.05) is 43.1 Å². The van der Waals surface area contributed by atoms with Gasteiger partial charge < -0.3 is 9.97 Å². The minimum absolute atomic E-state index is 0. The van der Waals surface area contributed by atoms with Gasteiger partial charge in [-0.2, -0.15) is 11.3 Å². The van der Waals surface area contributed by atoms with Crippen molar-refractivity contribution in [1.29, 1.82) is 0 Å². The Labute approximate surface area is 339 Å². The Morgan fingerprint density at radius 1 is 0.704 bits per heavy atom. The van der Waals surface area contributed by atoms with Crippen molar-refractivity contribution in [2.24, 2.45) is 0 Å². The summed E-state index contributed by atoms with van der Waals surface area (Å²) in [6, 6.07) is 50.6. The molecule has 1 unspecified atom stereocenters. The van der Waals surface area contributed by atoms with Gasteiger partial charge in [0.05, 0.1) is 16.1 Å². The molecule has 0 N–H and O–H groups in total. The van der Waals surface area contributed by atoms with Crippen LogP contribution in [0.3, 0.4) is 0 Å². The quantitative estimate of drug-likeness (QED) is 0.127. The zero-order valence-electron chi connectivity index (χ0n) is 31.9. The number of pyridine rings is 2. The molecule has 0 saturated heterocycles. The van der Waals surface area contributed by atoms with Crippen LogP contribution in [0.4, 0.5) is 0 Å². The molecule has 0 spiro atoms. The average Bonchev–Trinajstić information content (AvgIpc) is 3.68. The van der Waals surface area contributed by atoms with Gasteiger partial charge in [-0.3, -0.25) is 0 Å². The number of aromatic nitrogens is 2. The molecule has 6 heteroatoms. The summed E-state index contributed by atoms with van der Waals surface area (Å²) < 4.78 is 2.62. The minimum atomic E-state index is -1.63. The topological polar surface area (TPSA) is 25.8 Å². The maximum atomic E-state index is 4.78. The van der Waals surface area contributed by atoms with Crippen molar-refractivity contribution in [2.75, 3.05) is 0 Å². The van der Waals surface area contributed by atoms with E-state index in [1.54, 1.807) is 0 Å². The monoisotopic (exact) mass is 929 g/mol. The van der Waals surface area contributed by atoms with Crippen LogP contribution in [0.15, 0.2) is 134 Å². The van der Waals surface area contributed by atoms with E-state index in [0.717, 1.165) is 22.5 Å². The zero-order valence-corrected chi connectivity index (χ0v) is 37.1. The number of rotatable bonds is 5. The van der Waals surface area contributed by atoms with Crippen LogP contribution in [-0.4, -0.2) is 26.1 Å². The molecule has 2 nitrogen and oxygen atoms in total. The average molecular weight is 929 g/mol. The van der Waals surface area contributed by atoms with Crippen molar-refractivity contribution in [3.63, 3.8) is 0 Å². The molecule has 0 bridgehead atoms. The molecule has 4 heterocycles. The van der Waals surface area contributed by atoms with Gasteiger partial charge in [-0.25, -0.2) is 0 Å². The fourth-order valence-electron chi connectivity index (χ4n) is 7.69. The SMILES string of the molecule is CC(c1ccccc1)c1ccnc(-c2[c-]cc3c(c2)-c2ccccc2[Si]3(C)C)c1.Cc1c[c-]c(-c2ccc([Si](C)(C)C)cn2)c2sc3ccccc3c12.[Ir]. The van der Waals surface area contributed by atoms with E-state index >= 15 is 0 Å². The third kappa shape index (κ3) is 7.02. The van der Waals surface area contributed by atoms with Crippen LogP contribution >= 0.6 is 11.3 Å². The molecule has 1 atom stereocenters. The Bertz CT molecular complexity index is 2610. The van der Waals surface area contributed by atoms with Gasteiger partial charge in [-0.15, -0.1) is 52.2 Å². The Morgan fingerprint density at radius 2 is 1.44 bits per heavy atom. The normalized spacial score (nSPS) is 13.4. The second-order valence-electron chi connectivity index (χ2n) is 15.8. The van der Waals surface area contributed by atoms with Crippen molar-refractivity contribution in [3.8, 4) is 33.6 Å². The van der Waals surface area contributed by atoms with Gasteiger partial charge in [-0.05, 0) is 55.5 Å². The first-order chi connectivity index (χ1) is 25.5. The third-order valence-electron chi connectivity index (χ3n) is 10.9. The second kappa shape index (κ2) is 15.1. The van der Waals surface area contributed by atoms with Gasteiger partial charge in [0.25, 0.3) is 0 Å². The van der Waals surface area contributed by atoms with E-state index in [4.69, 9.17) is 4.98 Å². The van der Waals surface area contributed by atoms with E-state index < -0.39 is 16.1 Å². The standard InChI is InChI=1S/C27H24NSi.C21H20NSSi.Ir/c1-19(20-9-5-4-6-10-20)21-15-16-28-25(18-21)22-13-14-27-24(17-22)23-11-7-8-12-26(23)29(27,2)3;1-14-9-11-16(18-12-10-15(13-22-18)24(2,3)4)21-20(14)17-7-5-6-8-19(17)23-21;/h4-12,14-19H,1-3H3;5-10,12-13H,1-4H3;/q2*-1;. The largest absolute Gasteiger partial charge is 0.305 e. The molecule has 1 radical (unpaired) electrons. The predicted octanol–water partition coefficient (Wildman–Crippen LogP) is 11.3.